The molecule has 0 aliphatic carbocycles. The standard InChI is InChI=1S/C9H14ClN3O/c1-2-3-11-4-5-14-9-7-12-6-8(10)13-9/h6-7,11H,2-5H2,1H3. The number of aromatic nitrogens is 2. The third-order valence-electron chi connectivity index (χ3n) is 1.54. The fraction of sp³-hybridized carbons (Fsp3) is 0.556. The Morgan fingerprint density at radius 1 is 1.43 bits per heavy atom. The summed E-state index contributed by atoms with van der Waals surface area (Å²) in [6.45, 7) is 4.51. The molecular formula is C9H14ClN3O. The molecule has 0 aliphatic rings. The van der Waals surface area contributed by atoms with Crippen LogP contribution in [-0.4, -0.2) is 29.7 Å². The van der Waals surface area contributed by atoms with Crippen LogP contribution in [0, 0.1) is 0 Å². The molecule has 0 atom stereocenters. The van der Waals surface area contributed by atoms with E-state index >= 15 is 0 Å². The Bertz CT molecular complexity index is 270. The Balaban J connectivity index is 2.18. The van der Waals surface area contributed by atoms with E-state index in [1.807, 2.05) is 0 Å². The third kappa shape index (κ3) is 4.39. The molecule has 1 N–H and O–H groups in total. The van der Waals surface area contributed by atoms with Gasteiger partial charge in [-0.2, -0.15) is 4.98 Å². The summed E-state index contributed by atoms with van der Waals surface area (Å²) in [5, 5.41) is 3.56. The van der Waals surface area contributed by atoms with Crippen LogP contribution in [-0.2, 0) is 0 Å². The van der Waals surface area contributed by atoms with Crippen LogP contribution in [0.3, 0.4) is 0 Å². The smallest absolute Gasteiger partial charge is 0.233 e. The fourth-order valence-electron chi connectivity index (χ4n) is 0.925. The zero-order valence-corrected chi connectivity index (χ0v) is 8.92. The molecule has 4 nitrogen and oxygen atoms in total. The summed E-state index contributed by atoms with van der Waals surface area (Å²) in [4.78, 5) is 7.80. The Kier molecular flexibility index (Phi) is 5.25. The molecule has 0 unspecified atom stereocenters. The highest BCUT2D eigenvalue weighted by molar-refractivity contribution is 6.29. The van der Waals surface area contributed by atoms with Gasteiger partial charge in [-0.25, -0.2) is 0 Å². The highest BCUT2D eigenvalue weighted by Gasteiger charge is 1.96. The Hall–Kier alpha value is -0.870. The molecule has 0 bridgehead atoms. The maximum absolute atomic E-state index is 5.64. The van der Waals surface area contributed by atoms with Crippen molar-refractivity contribution in [2.75, 3.05) is 19.7 Å². The lowest BCUT2D eigenvalue weighted by Crippen LogP contribution is -2.21. The average molecular weight is 216 g/mol. The second kappa shape index (κ2) is 6.56. The predicted octanol–water partition coefficient (Wildman–Crippen LogP) is 1.51. The number of nitrogens with zero attached hydrogens (tertiary/aromatic N) is 2. The van der Waals surface area contributed by atoms with Crippen molar-refractivity contribution in [3.05, 3.63) is 17.5 Å². The lowest BCUT2D eigenvalue weighted by atomic mass is 10.5. The Morgan fingerprint density at radius 3 is 3.00 bits per heavy atom. The van der Waals surface area contributed by atoms with Gasteiger partial charge in [-0.3, -0.25) is 4.98 Å². The molecule has 1 aromatic rings. The van der Waals surface area contributed by atoms with Crippen molar-refractivity contribution in [3.63, 3.8) is 0 Å². The molecule has 0 saturated heterocycles. The van der Waals surface area contributed by atoms with Gasteiger partial charge in [0.2, 0.25) is 5.88 Å². The van der Waals surface area contributed by atoms with E-state index in [0.29, 0.717) is 17.6 Å². The van der Waals surface area contributed by atoms with E-state index in [2.05, 4.69) is 22.2 Å². The quantitative estimate of drug-likeness (QED) is 0.731. The molecular weight excluding hydrogens is 202 g/mol. The van der Waals surface area contributed by atoms with Crippen LogP contribution in [0.2, 0.25) is 5.15 Å². The average Bonchev–Trinajstić information content (AvgIpc) is 2.18. The molecule has 1 rings (SSSR count). The highest BCUT2D eigenvalue weighted by atomic mass is 35.5. The number of halogens is 1. The van der Waals surface area contributed by atoms with Crippen molar-refractivity contribution in [1.82, 2.24) is 15.3 Å². The van der Waals surface area contributed by atoms with Crippen LogP contribution in [0.5, 0.6) is 5.88 Å². The molecule has 0 radical (unpaired) electrons. The zero-order valence-electron chi connectivity index (χ0n) is 8.16. The summed E-state index contributed by atoms with van der Waals surface area (Å²) in [6.07, 6.45) is 4.15. The van der Waals surface area contributed by atoms with E-state index in [4.69, 9.17) is 16.3 Å². The summed E-state index contributed by atoms with van der Waals surface area (Å²) in [5.74, 6) is 0.468. The van der Waals surface area contributed by atoms with Crippen LogP contribution < -0.4 is 10.1 Å². The van der Waals surface area contributed by atoms with Crippen molar-refractivity contribution in [2.45, 2.75) is 13.3 Å². The van der Waals surface area contributed by atoms with Gasteiger partial charge in [0.15, 0.2) is 5.15 Å². The number of rotatable bonds is 6. The van der Waals surface area contributed by atoms with Crippen molar-refractivity contribution < 1.29 is 4.74 Å². The van der Waals surface area contributed by atoms with E-state index in [1.54, 1.807) is 6.20 Å². The lowest BCUT2D eigenvalue weighted by molar-refractivity contribution is 0.301. The van der Waals surface area contributed by atoms with Crippen molar-refractivity contribution >= 4 is 11.6 Å². The van der Waals surface area contributed by atoms with E-state index in [9.17, 15) is 0 Å². The first-order valence-electron chi connectivity index (χ1n) is 4.64. The summed E-state index contributed by atoms with van der Waals surface area (Å²) >= 11 is 5.64. The number of hydrogen-bond acceptors (Lipinski definition) is 4. The molecule has 0 saturated carbocycles. The minimum absolute atomic E-state index is 0.351. The van der Waals surface area contributed by atoms with E-state index < -0.39 is 0 Å². The Morgan fingerprint density at radius 2 is 2.29 bits per heavy atom. The summed E-state index contributed by atoms with van der Waals surface area (Å²) in [7, 11) is 0. The molecule has 0 fully saturated rings. The van der Waals surface area contributed by atoms with Crippen LogP contribution in [0.4, 0.5) is 0 Å². The number of nitrogens with one attached hydrogen (secondary N) is 1. The first-order chi connectivity index (χ1) is 6.83. The Labute approximate surface area is 88.7 Å². The molecule has 0 aliphatic heterocycles. The maximum Gasteiger partial charge on any atom is 0.233 e. The SMILES string of the molecule is CCCNCCOc1cncc(Cl)n1. The van der Waals surface area contributed by atoms with Crippen molar-refractivity contribution in [3.8, 4) is 5.88 Å². The molecule has 0 spiro atoms. The highest BCUT2D eigenvalue weighted by Crippen LogP contribution is 2.08. The molecule has 1 aromatic heterocycles. The van der Waals surface area contributed by atoms with Gasteiger partial charge in [0, 0.05) is 6.54 Å². The van der Waals surface area contributed by atoms with Gasteiger partial charge in [0.25, 0.3) is 0 Å². The van der Waals surface area contributed by atoms with Crippen LogP contribution in [0.25, 0.3) is 0 Å². The molecule has 1 heterocycles. The second-order valence-electron chi connectivity index (χ2n) is 2.78. The van der Waals surface area contributed by atoms with Crippen LogP contribution in [0.15, 0.2) is 12.4 Å². The molecule has 14 heavy (non-hydrogen) atoms. The molecule has 78 valence electrons. The van der Waals surface area contributed by atoms with Crippen LogP contribution >= 0.6 is 11.6 Å². The summed E-state index contributed by atoms with van der Waals surface area (Å²) in [5.41, 5.74) is 0. The lowest BCUT2D eigenvalue weighted by Gasteiger charge is -2.05. The summed E-state index contributed by atoms with van der Waals surface area (Å²) < 4.78 is 5.31. The maximum atomic E-state index is 5.64. The van der Waals surface area contributed by atoms with Crippen LogP contribution in [0.1, 0.15) is 13.3 Å². The summed E-state index contributed by atoms with van der Waals surface area (Å²) in [6, 6.07) is 0. The molecule has 5 heteroatoms. The number of ether oxygens (including phenoxy) is 1. The van der Waals surface area contributed by atoms with Gasteiger partial charge in [0.05, 0.1) is 12.4 Å². The topological polar surface area (TPSA) is 47.0 Å². The van der Waals surface area contributed by atoms with Gasteiger partial charge in [-0.05, 0) is 13.0 Å². The third-order valence-corrected chi connectivity index (χ3v) is 1.72. The monoisotopic (exact) mass is 215 g/mol. The largest absolute Gasteiger partial charge is 0.475 e. The number of hydrogen-bond donors (Lipinski definition) is 1. The first kappa shape index (κ1) is 11.2. The minimum atomic E-state index is 0.351. The van der Waals surface area contributed by atoms with Gasteiger partial charge >= 0.3 is 0 Å². The first-order valence-corrected chi connectivity index (χ1v) is 5.01. The van der Waals surface area contributed by atoms with Crippen molar-refractivity contribution in [1.29, 1.82) is 0 Å². The normalized spacial score (nSPS) is 10.1. The van der Waals surface area contributed by atoms with Gasteiger partial charge < -0.3 is 10.1 Å². The molecule has 0 amide bonds. The van der Waals surface area contributed by atoms with E-state index in [1.165, 1.54) is 6.20 Å². The van der Waals surface area contributed by atoms with Gasteiger partial charge in [-0.15, -0.1) is 0 Å². The van der Waals surface area contributed by atoms with Gasteiger partial charge in [0.1, 0.15) is 6.61 Å². The van der Waals surface area contributed by atoms with E-state index in [0.717, 1.165) is 19.5 Å². The van der Waals surface area contributed by atoms with Crippen molar-refractivity contribution in [2.24, 2.45) is 0 Å². The second-order valence-corrected chi connectivity index (χ2v) is 3.17. The minimum Gasteiger partial charge on any atom is -0.475 e. The zero-order chi connectivity index (χ0) is 10.2. The van der Waals surface area contributed by atoms with E-state index in [-0.39, 0.29) is 0 Å². The molecule has 0 aromatic carbocycles. The predicted molar refractivity (Wildman–Crippen MR) is 55.7 cm³/mol. The van der Waals surface area contributed by atoms with Gasteiger partial charge in [-0.1, -0.05) is 18.5 Å². The fourth-order valence-corrected chi connectivity index (χ4v) is 1.06.